The highest BCUT2D eigenvalue weighted by Gasteiger charge is 2.28. The number of nitrogens with zero attached hydrogens (tertiary/aromatic N) is 6. The van der Waals surface area contributed by atoms with Crippen molar-refractivity contribution in [2.45, 2.75) is 18.9 Å². The average molecular weight is 534 g/mol. The number of benzene rings is 1. The Bertz CT molecular complexity index is 1460. The number of carbonyl (C=O) groups excluding carboxylic acids is 1. The summed E-state index contributed by atoms with van der Waals surface area (Å²) < 4.78 is 1.55. The Hall–Kier alpha value is -3.32. The summed E-state index contributed by atoms with van der Waals surface area (Å²) in [7, 11) is 0. The first kappa shape index (κ1) is 23.4. The molecule has 1 saturated heterocycles. The van der Waals surface area contributed by atoms with E-state index in [1.54, 1.807) is 22.9 Å². The number of hydrogen-bond acceptors (Lipinski definition) is 9. The fourth-order valence-corrected chi connectivity index (χ4v) is 4.94. The Balaban J connectivity index is 1.61. The van der Waals surface area contributed by atoms with Gasteiger partial charge in [0, 0.05) is 12.6 Å². The summed E-state index contributed by atoms with van der Waals surface area (Å²) in [5, 5.41) is 29.0. The standard InChI is InChI=1S/C21H17Cl2N7O4S/c22-14-4-3-11(8-15(14)23)29-19-13(9-24-29)18(25-20(32)16-5-6-17(35-16)30(33)34)26-21(27-19)28-7-1-2-12(28)10-31/h3-6,8-9,12,31H,1-2,7,10H2,(H,25,26,27,32)/t12-/m0/s1. The summed E-state index contributed by atoms with van der Waals surface area (Å²) in [5.74, 6) is -0.0271. The molecule has 1 aromatic carbocycles. The molecular formula is C21H17Cl2N7O4S. The minimum Gasteiger partial charge on any atom is -0.394 e. The minimum absolute atomic E-state index is 0.0615. The lowest BCUT2D eigenvalue weighted by Crippen LogP contribution is -2.33. The van der Waals surface area contributed by atoms with Gasteiger partial charge in [-0.1, -0.05) is 34.5 Å². The first-order chi connectivity index (χ1) is 16.9. The van der Waals surface area contributed by atoms with Gasteiger partial charge in [0.1, 0.15) is 5.82 Å². The lowest BCUT2D eigenvalue weighted by atomic mass is 10.2. The third-order valence-electron chi connectivity index (χ3n) is 5.64. The first-order valence-electron chi connectivity index (χ1n) is 10.5. The van der Waals surface area contributed by atoms with E-state index < -0.39 is 10.8 Å². The largest absolute Gasteiger partial charge is 0.394 e. The zero-order chi connectivity index (χ0) is 24.7. The molecule has 1 amide bonds. The van der Waals surface area contributed by atoms with Gasteiger partial charge in [-0.15, -0.1) is 0 Å². The minimum atomic E-state index is -0.549. The molecule has 0 unspecified atom stereocenters. The van der Waals surface area contributed by atoms with Crippen LogP contribution in [0.1, 0.15) is 22.5 Å². The number of amides is 1. The molecule has 5 rings (SSSR count). The number of thiophene rings is 1. The van der Waals surface area contributed by atoms with E-state index >= 15 is 0 Å². The van der Waals surface area contributed by atoms with Crippen molar-refractivity contribution in [1.29, 1.82) is 0 Å². The Morgan fingerprint density at radius 3 is 2.80 bits per heavy atom. The first-order valence-corrected chi connectivity index (χ1v) is 12.1. The van der Waals surface area contributed by atoms with Crippen molar-refractivity contribution < 1.29 is 14.8 Å². The lowest BCUT2D eigenvalue weighted by Gasteiger charge is -2.23. The van der Waals surface area contributed by atoms with E-state index in [0.717, 1.165) is 24.2 Å². The summed E-state index contributed by atoms with van der Waals surface area (Å²) in [6.45, 7) is 0.580. The second-order valence-corrected chi connectivity index (χ2v) is 9.66. The van der Waals surface area contributed by atoms with Crippen LogP contribution in [0, 0.1) is 10.1 Å². The second kappa shape index (κ2) is 9.38. The predicted octanol–water partition coefficient (Wildman–Crippen LogP) is 4.31. The molecule has 1 aliphatic heterocycles. The van der Waals surface area contributed by atoms with Gasteiger partial charge in [0.15, 0.2) is 5.65 Å². The van der Waals surface area contributed by atoms with E-state index in [1.165, 1.54) is 18.3 Å². The van der Waals surface area contributed by atoms with Gasteiger partial charge in [0.2, 0.25) is 5.95 Å². The molecule has 0 spiro atoms. The summed E-state index contributed by atoms with van der Waals surface area (Å²) in [4.78, 5) is 34.7. The van der Waals surface area contributed by atoms with Gasteiger partial charge >= 0.3 is 5.00 Å². The van der Waals surface area contributed by atoms with Crippen molar-refractivity contribution in [3.05, 3.63) is 61.6 Å². The van der Waals surface area contributed by atoms with E-state index in [1.807, 2.05) is 4.90 Å². The van der Waals surface area contributed by atoms with Crippen LogP contribution in [0.25, 0.3) is 16.7 Å². The maximum atomic E-state index is 12.9. The number of anilines is 2. The van der Waals surface area contributed by atoms with E-state index in [4.69, 9.17) is 28.2 Å². The summed E-state index contributed by atoms with van der Waals surface area (Å²) in [5.41, 5.74) is 1.01. The van der Waals surface area contributed by atoms with Crippen molar-refractivity contribution in [2.24, 2.45) is 0 Å². The Labute approximate surface area is 212 Å². The summed E-state index contributed by atoms with van der Waals surface area (Å²) in [6, 6.07) is 7.53. The molecule has 4 aromatic rings. The predicted molar refractivity (Wildman–Crippen MR) is 133 cm³/mol. The summed E-state index contributed by atoms with van der Waals surface area (Å²) in [6.07, 6.45) is 3.16. The highest BCUT2D eigenvalue weighted by molar-refractivity contribution is 7.17. The molecule has 0 saturated carbocycles. The van der Waals surface area contributed by atoms with Gasteiger partial charge in [0.25, 0.3) is 5.91 Å². The maximum Gasteiger partial charge on any atom is 0.324 e. The second-order valence-electron chi connectivity index (χ2n) is 7.79. The zero-order valence-corrected chi connectivity index (χ0v) is 20.2. The smallest absolute Gasteiger partial charge is 0.324 e. The molecular weight excluding hydrogens is 517 g/mol. The van der Waals surface area contributed by atoms with Crippen molar-refractivity contribution >= 4 is 68.2 Å². The average Bonchev–Trinajstić information content (AvgIpc) is 3.59. The zero-order valence-electron chi connectivity index (χ0n) is 17.9. The number of hydrogen-bond donors (Lipinski definition) is 2. The molecule has 4 heterocycles. The van der Waals surface area contributed by atoms with Crippen molar-refractivity contribution in [3.63, 3.8) is 0 Å². The summed E-state index contributed by atoms with van der Waals surface area (Å²) >= 11 is 13.0. The van der Waals surface area contributed by atoms with E-state index in [-0.39, 0.29) is 28.3 Å². The Morgan fingerprint density at radius 1 is 1.26 bits per heavy atom. The molecule has 0 radical (unpaired) electrons. The number of nitrogens with one attached hydrogen (secondary N) is 1. The molecule has 2 N–H and O–H groups in total. The van der Waals surface area contributed by atoms with Crippen molar-refractivity contribution in [3.8, 4) is 5.69 Å². The number of nitro groups is 1. The number of fused-ring (bicyclic) bond motifs is 1. The highest BCUT2D eigenvalue weighted by Crippen LogP contribution is 2.32. The SMILES string of the molecule is O=C(Nc1nc(N2CCC[C@H]2CO)nc2c1cnn2-c1ccc(Cl)c(Cl)c1)c1ccc([N+](=O)[O-])s1. The molecule has 1 aliphatic rings. The Kier molecular flexibility index (Phi) is 6.28. The third-order valence-corrected chi connectivity index (χ3v) is 7.41. The molecule has 3 aromatic heterocycles. The third kappa shape index (κ3) is 4.41. The van der Waals surface area contributed by atoms with Crippen LogP contribution in [-0.2, 0) is 0 Å². The quantitative estimate of drug-likeness (QED) is 0.276. The number of halogens is 2. The van der Waals surface area contributed by atoms with Gasteiger partial charge in [-0.05, 0) is 37.1 Å². The fourth-order valence-electron chi connectivity index (χ4n) is 3.93. The van der Waals surface area contributed by atoms with E-state index in [9.17, 15) is 20.0 Å². The van der Waals surface area contributed by atoms with Gasteiger partial charge in [-0.25, -0.2) is 4.68 Å². The van der Waals surface area contributed by atoms with E-state index in [0.29, 0.717) is 39.3 Å². The van der Waals surface area contributed by atoms with Crippen LogP contribution in [0.2, 0.25) is 10.0 Å². The molecule has 1 atom stereocenters. The van der Waals surface area contributed by atoms with Gasteiger partial charge in [-0.2, -0.15) is 15.1 Å². The van der Waals surface area contributed by atoms with Gasteiger partial charge < -0.3 is 15.3 Å². The van der Waals surface area contributed by atoms with Crippen LogP contribution in [-0.4, -0.2) is 54.9 Å². The Morgan fingerprint density at radius 2 is 2.09 bits per heavy atom. The van der Waals surface area contributed by atoms with Crippen LogP contribution < -0.4 is 10.2 Å². The number of aromatic nitrogens is 4. The van der Waals surface area contributed by atoms with Crippen LogP contribution >= 0.6 is 34.5 Å². The molecule has 0 aliphatic carbocycles. The molecule has 35 heavy (non-hydrogen) atoms. The number of aliphatic hydroxyl groups is 1. The van der Waals surface area contributed by atoms with Crippen molar-refractivity contribution in [2.75, 3.05) is 23.4 Å². The van der Waals surface area contributed by atoms with E-state index in [2.05, 4.69) is 15.4 Å². The van der Waals surface area contributed by atoms with Crippen LogP contribution in [0.4, 0.5) is 16.8 Å². The number of carbonyl (C=O) groups is 1. The molecule has 1 fully saturated rings. The van der Waals surface area contributed by atoms with Crippen LogP contribution in [0.15, 0.2) is 36.5 Å². The monoisotopic (exact) mass is 533 g/mol. The van der Waals surface area contributed by atoms with Gasteiger partial charge in [0.05, 0.1) is 49.8 Å². The van der Waals surface area contributed by atoms with Crippen LogP contribution in [0.3, 0.4) is 0 Å². The van der Waals surface area contributed by atoms with Crippen LogP contribution in [0.5, 0.6) is 0 Å². The molecule has 0 bridgehead atoms. The lowest BCUT2D eigenvalue weighted by molar-refractivity contribution is -0.380. The highest BCUT2D eigenvalue weighted by atomic mass is 35.5. The topological polar surface area (TPSA) is 139 Å². The van der Waals surface area contributed by atoms with Gasteiger partial charge in [-0.3, -0.25) is 14.9 Å². The van der Waals surface area contributed by atoms with Crippen molar-refractivity contribution in [1.82, 2.24) is 19.7 Å². The maximum absolute atomic E-state index is 12.9. The number of rotatable bonds is 6. The molecule has 180 valence electrons. The molecule has 11 nitrogen and oxygen atoms in total. The number of aliphatic hydroxyl groups excluding tert-OH is 1. The normalized spacial score (nSPS) is 15.6. The molecule has 14 heteroatoms. The fraction of sp³-hybridized carbons (Fsp3) is 0.238.